The van der Waals surface area contributed by atoms with E-state index in [0.717, 1.165) is 16.6 Å². The molecule has 1 aliphatic heterocycles. The third-order valence-corrected chi connectivity index (χ3v) is 6.01. The summed E-state index contributed by atoms with van der Waals surface area (Å²) < 4.78 is 9.98. The Kier molecular flexibility index (Phi) is 8.49. The number of thioether (sulfide) groups is 1. The van der Waals surface area contributed by atoms with Gasteiger partial charge in [-0.15, -0.1) is 11.3 Å². The molecule has 2 heterocycles. The van der Waals surface area contributed by atoms with Gasteiger partial charge < -0.3 is 14.8 Å². The number of dihydropyridines is 1. The van der Waals surface area contributed by atoms with Crippen molar-refractivity contribution in [1.29, 1.82) is 5.26 Å². The summed E-state index contributed by atoms with van der Waals surface area (Å²) in [7, 11) is 0. The van der Waals surface area contributed by atoms with E-state index in [-0.39, 0.29) is 31.2 Å². The Bertz CT molecular complexity index is 881. The lowest BCUT2D eigenvalue weighted by atomic mass is 9.87. The number of carbonyl (C=O) groups excluding carboxylic acids is 3. The van der Waals surface area contributed by atoms with Crippen LogP contribution in [0.4, 0.5) is 0 Å². The van der Waals surface area contributed by atoms with Gasteiger partial charge in [-0.1, -0.05) is 17.8 Å². The van der Waals surface area contributed by atoms with E-state index in [0.29, 0.717) is 21.9 Å². The highest BCUT2D eigenvalue weighted by atomic mass is 32.2. The van der Waals surface area contributed by atoms with E-state index >= 15 is 0 Å². The van der Waals surface area contributed by atoms with E-state index in [4.69, 9.17) is 9.47 Å². The molecule has 0 aromatic carbocycles. The number of hydrogen-bond donors (Lipinski definition) is 1. The highest BCUT2D eigenvalue weighted by Crippen LogP contribution is 2.42. The molecule has 1 aromatic heterocycles. The Hall–Kier alpha value is -2.57. The summed E-state index contributed by atoms with van der Waals surface area (Å²) in [5, 5.41) is 15.3. The standard InChI is InChI=1S/C20H22N2O5S2/c1-4-26-16(24)9-13(23)11-29-19-14(10-21)18(15-7-6-8-28-15)17(12(3)22-19)20(25)27-5-2/h6-8,18,22H,4-5,9,11H2,1-3H3/t18-/m0/s1. The predicted octanol–water partition coefficient (Wildman–Crippen LogP) is 3.26. The van der Waals surface area contributed by atoms with Gasteiger partial charge >= 0.3 is 11.9 Å². The van der Waals surface area contributed by atoms with E-state index in [9.17, 15) is 19.6 Å². The number of ketones is 1. The number of carbonyl (C=O) groups is 3. The van der Waals surface area contributed by atoms with Gasteiger partial charge in [-0.2, -0.15) is 5.26 Å². The van der Waals surface area contributed by atoms with Gasteiger partial charge in [0.05, 0.1) is 47.1 Å². The number of nitriles is 1. The molecular weight excluding hydrogens is 412 g/mol. The van der Waals surface area contributed by atoms with E-state index in [1.165, 1.54) is 11.3 Å². The Morgan fingerprint density at radius 3 is 2.59 bits per heavy atom. The van der Waals surface area contributed by atoms with Crippen LogP contribution in [0, 0.1) is 11.3 Å². The van der Waals surface area contributed by atoms with Crippen LogP contribution in [-0.2, 0) is 23.9 Å². The first-order chi connectivity index (χ1) is 13.9. The number of ether oxygens (including phenoxy) is 2. The Morgan fingerprint density at radius 2 is 2.00 bits per heavy atom. The minimum atomic E-state index is -0.568. The summed E-state index contributed by atoms with van der Waals surface area (Å²) >= 11 is 2.57. The number of thiophene rings is 1. The van der Waals surface area contributed by atoms with E-state index in [1.807, 2.05) is 17.5 Å². The molecule has 7 nitrogen and oxygen atoms in total. The second-order valence-corrected chi connectivity index (χ2v) is 7.96. The van der Waals surface area contributed by atoms with Crippen molar-refractivity contribution in [3.05, 3.63) is 44.3 Å². The van der Waals surface area contributed by atoms with Crippen LogP contribution < -0.4 is 5.32 Å². The first kappa shape index (κ1) is 22.7. The SMILES string of the molecule is CCOC(=O)CC(=O)CSC1=C(C#N)[C@@H](c2cccs2)C(C(=O)OCC)=C(C)N1. The molecule has 0 unspecified atom stereocenters. The Morgan fingerprint density at radius 1 is 1.28 bits per heavy atom. The first-order valence-electron chi connectivity index (χ1n) is 9.05. The van der Waals surface area contributed by atoms with Crippen LogP contribution in [0.1, 0.15) is 38.0 Å². The number of allylic oxidation sites excluding steroid dienone is 2. The summed E-state index contributed by atoms with van der Waals surface area (Å²) in [4.78, 5) is 37.0. The molecule has 0 amide bonds. The molecule has 9 heteroatoms. The summed E-state index contributed by atoms with van der Waals surface area (Å²) in [5.74, 6) is -1.91. The molecular formula is C20H22N2O5S2. The lowest BCUT2D eigenvalue weighted by Crippen LogP contribution is -2.29. The zero-order valence-electron chi connectivity index (χ0n) is 16.4. The van der Waals surface area contributed by atoms with Crippen molar-refractivity contribution in [2.24, 2.45) is 0 Å². The highest BCUT2D eigenvalue weighted by Gasteiger charge is 2.36. The molecule has 0 aliphatic carbocycles. The predicted molar refractivity (Wildman–Crippen MR) is 111 cm³/mol. The molecule has 0 spiro atoms. The smallest absolute Gasteiger partial charge is 0.336 e. The van der Waals surface area contributed by atoms with Crippen molar-refractivity contribution in [1.82, 2.24) is 5.32 Å². The van der Waals surface area contributed by atoms with E-state index in [1.54, 1.807) is 20.8 Å². The van der Waals surface area contributed by atoms with Crippen molar-refractivity contribution in [3.63, 3.8) is 0 Å². The van der Waals surface area contributed by atoms with Gasteiger partial charge in [-0.05, 0) is 32.2 Å². The maximum absolute atomic E-state index is 12.6. The molecule has 1 aliphatic rings. The summed E-state index contributed by atoms with van der Waals surface area (Å²) in [6.07, 6.45) is -0.312. The maximum Gasteiger partial charge on any atom is 0.336 e. The average molecular weight is 435 g/mol. The normalized spacial score (nSPS) is 16.1. The van der Waals surface area contributed by atoms with Gasteiger partial charge in [0.1, 0.15) is 6.42 Å². The van der Waals surface area contributed by atoms with Gasteiger partial charge in [-0.25, -0.2) is 4.79 Å². The van der Waals surface area contributed by atoms with Crippen molar-refractivity contribution < 1.29 is 23.9 Å². The number of nitrogens with zero attached hydrogens (tertiary/aromatic N) is 1. The first-order valence-corrected chi connectivity index (χ1v) is 10.9. The van der Waals surface area contributed by atoms with Crippen LogP contribution in [0.3, 0.4) is 0 Å². The molecule has 1 atom stereocenters. The fourth-order valence-corrected chi connectivity index (χ4v) is 4.62. The summed E-state index contributed by atoms with van der Waals surface area (Å²) in [5.41, 5.74) is 1.30. The highest BCUT2D eigenvalue weighted by molar-refractivity contribution is 8.03. The molecule has 1 aromatic rings. The second-order valence-electron chi connectivity index (χ2n) is 6.00. The molecule has 154 valence electrons. The lowest BCUT2D eigenvalue weighted by molar-refractivity contribution is -0.145. The largest absolute Gasteiger partial charge is 0.466 e. The van der Waals surface area contributed by atoms with Crippen LogP contribution >= 0.6 is 23.1 Å². The van der Waals surface area contributed by atoms with Crippen molar-refractivity contribution in [2.45, 2.75) is 33.1 Å². The molecule has 2 rings (SSSR count). The van der Waals surface area contributed by atoms with Gasteiger partial charge in [0, 0.05) is 10.6 Å². The summed E-state index contributed by atoms with van der Waals surface area (Å²) in [6, 6.07) is 5.89. The number of esters is 2. The molecule has 29 heavy (non-hydrogen) atoms. The van der Waals surface area contributed by atoms with Crippen molar-refractivity contribution >= 4 is 40.8 Å². The number of hydrogen-bond acceptors (Lipinski definition) is 9. The monoisotopic (exact) mass is 434 g/mol. The molecule has 0 saturated heterocycles. The second kappa shape index (κ2) is 10.8. The molecule has 0 saturated carbocycles. The maximum atomic E-state index is 12.6. The molecule has 0 radical (unpaired) electrons. The quantitative estimate of drug-likeness (QED) is 0.466. The van der Waals surface area contributed by atoms with Gasteiger partial charge in [0.25, 0.3) is 0 Å². The van der Waals surface area contributed by atoms with Gasteiger partial charge in [0.2, 0.25) is 0 Å². The third-order valence-electron chi connectivity index (χ3n) is 3.99. The minimum absolute atomic E-state index is 0.00546. The zero-order valence-corrected chi connectivity index (χ0v) is 18.1. The van der Waals surface area contributed by atoms with Crippen molar-refractivity contribution in [2.75, 3.05) is 19.0 Å². The fourth-order valence-electron chi connectivity index (χ4n) is 2.82. The minimum Gasteiger partial charge on any atom is -0.466 e. The third kappa shape index (κ3) is 5.71. The van der Waals surface area contributed by atoms with Crippen LogP contribution in [-0.4, -0.2) is 36.7 Å². The zero-order chi connectivity index (χ0) is 21.4. The van der Waals surface area contributed by atoms with Crippen LogP contribution in [0.2, 0.25) is 0 Å². The van der Waals surface area contributed by atoms with Crippen LogP contribution in [0.25, 0.3) is 0 Å². The summed E-state index contributed by atoms with van der Waals surface area (Å²) in [6.45, 7) is 5.58. The van der Waals surface area contributed by atoms with Crippen LogP contribution in [0.5, 0.6) is 0 Å². The number of nitrogens with one attached hydrogen (secondary N) is 1. The topological polar surface area (TPSA) is 105 Å². The molecule has 0 bridgehead atoms. The van der Waals surface area contributed by atoms with Gasteiger partial charge in [-0.3, -0.25) is 9.59 Å². The molecule has 1 N–H and O–H groups in total. The fraction of sp³-hybridized carbons (Fsp3) is 0.400. The van der Waals surface area contributed by atoms with Gasteiger partial charge in [0.15, 0.2) is 5.78 Å². The molecule has 0 fully saturated rings. The Balaban J connectivity index is 2.29. The van der Waals surface area contributed by atoms with Crippen molar-refractivity contribution in [3.8, 4) is 6.07 Å². The number of rotatable bonds is 9. The van der Waals surface area contributed by atoms with E-state index in [2.05, 4.69) is 11.4 Å². The lowest BCUT2D eigenvalue weighted by Gasteiger charge is -2.28. The van der Waals surface area contributed by atoms with Crippen LogP contribution in [0.15, 0.2) is 39.4 Å². The van der Waals surface area contributed by atoms with E-state index < -0.39 is 17.9 Å². The average Bonchev–Trinajstić information content (AvgIpc) is 3.20. The number of Topliss-reactive ketones (excluding diaryl/α,β-unsaturated/α-hetero) is 1. The Labute approximate surface area is 177 Å².